The molecule has 2 aromatic heterocycles. The molecular formula is C18H24N4. The number of rotatable bonds is 4. The van der Waals surface area contributed by atoms with Crippen molar-refractivity contribution in [2.24, 2.45) is 0 Å². The van der Waals surface area contributed by atoms with Gasteiger partial charge < -0.3 is 4.90 Å². The Hall–Kier alpha value is -1.68. The van der Waals surface area contributed by atoms with Crippen molar-refractivity contribution < 1.29 is 0 Å². The van der Waals surface area contributed by atoms with Crippen LogP contribution in [0.2, 0.25) is 0 Å². The van der Waals surface area contributed by atoms with E-state index in [9.17, 15) is 0 Å². The summed E-state index contributed by atoms with van der Waals surface area (Å²) in [6.07, 6.45) is 11.2. The first-order valence-electron chi connectivity index (χ1n) is 8.51. The second-order valence-corrected chi connectivity index (χ2v) is 6.83. The van der Waals surface area contributed by atoms with Gasteiger partial charge in [0.2, 0.25) is 0 Å². The van der Waals surface area contributed by atoms with Crippen molar-refractivity contribution in [2.75, 3.05) is 19.6 Å². The molecular weight excluding hydrogens is 272 g/mol. The van der Waals surface area contributed by atoms with Crippen molar-refractivity contribution in [1.82, 2.24) is 19.7 Å². The Morgan fingerprint density at radius 3 is 2.95 bits per heavy atom. The number of fused-ring (bicyclic) bond motifs is 2. The van der Waals surface area contributed by atoms with Crippen LogP contribution in [0.25, 0.3) is 11.3 Å². The average Bonchev–Trinajstić information content (AvgIpc) is 3.13. The van der Waals surface area contributed by atoms with Crippen molar-refractivity contribution in [1.29, 1.82) is 0 Å². The minimum Gasteiger partial charge on any atom is -0.302 e. The maximum atomic E-state index is 4.74. The quantitative estimate of drug-likeness (QED) is 0.869. The fraction of sp³-hybridized carbons (Fsp3) is 0.556. The zero-order valence-electron chi connectivity index (χ0n) is 13.3. The summed E-state index contributed by atoms with van der Waals surface area (Å²) in [7, 11) is 0. The summed E-state index contributed by atoms with van der Waals surface area (Å²) in [5.41, 5.74) is 3.96. The molecule has 2 bridgehead atoms. The van der Waals surface area contributed by atoms with E-state index in [-0.39, 0.29) is 0 Å². The summed E-state index contributed by atoms with van der Waals surface area (Å²) in [4.78, 5) is 7.34. The summed E-state index contributed by atoms with van der Waals surface area (Å²) >= 11 is 0. The van der Waals surface area contributed by atoms with Gasteiger partial charge in [-0.25, -0.2) is 0 Å². The van der Waals surface area contributed by atoms with Gasteiger partial charge in [0.25, 0.3) is 0 Å². The Balaban J connectivity index is 1.57. The first kappa shape index (κ1) is 13.9. The summed E-state index contributed by atoms with van der Waals surface area (Å²) in [6.45, 7) is 6.90. The molecule has 2 atom stereocenters. The molecule has 116 valence electrons. The van der Waals surface area contributed by atoms with E-state index >= 15 is 0 Å². The Bertz CT molecular complexity index is 641. The maximum Gasteiger partial charge on any atom is 0.0733 e. The van der Waals surface area contributed by atoms with Gasteiger partial charge in [0, 0.05) is 36.5 Å². The molecule has 0 spiro atoms. The van der Waals surface area contributed by atoms with Crippen LogP contribution in [0.15, 0.2) is 30.7 Å². The predicted octanol–water partition coefficient (Wildman–Crippen LogP) is 3.09. The number of aromatic nitrogens is 3. The van der Waals surface area contributed by atoms with Gasteiger partial charge >= 0.3 is 0 Å². The molecule has 4 rings (SSSR count). The highest BCUT2D eigenvalue weighted by Gasteiger charge is 2.42. The van der Waals surface area contributed by atoms with Crippen LogP contribution in [-0.2, 0) is 12.0 Å². The predicted molar refractivity (Wildman–Crippen MR) is 87.7 cm³/mol. The number of nitrogens with zero attached hydrogens (tertiary/aromatic N) is 4. The van der Waals surface area contributed by atoms with E-state index in [1.807, 2.05) is 10.9 Å². The molecule has 2 saturated heterocycles. The molecule has 0 N–H and O–H groups in total. The molecule has 4 nitrogen and oxygen atoms in total. The van der Waals surface area contributed by atoms with E-state index in [0.717, 1.165) is 24.2 Å². The monoisotopic (exact) mass is 296 g/mol. The van der Waals surface area contributed by atoms with Crippen LogP contribution < -0.4 is 0 Å². The van der Waals surface area contributed by atoms with E-state index in [2.05, 4.69) is 41.4 Å². The van der Waals surface area contributed by atoms with Crippen LogP contribution in [0.5, 0.6) is 0 Å². The minimum absolute atomic E-state index is 0.371. The minimum atomic E-state index is 0.371. The Kier molecular flexibility index (Phi) is 3.49. The zero-order chi connectivity index (χ0) is 15.0. The summed E-state index contributed by atoms with van der Waals surface area (Å²) in [5.74, 6) is 0. The first-order valence-corrected chi connectivity index (χ1v) is 8.51. The lowest BCUT2D eigenvalue weighted by molar-refractivity contribution is 0.243. The summed E-state index contributed by atoms with van der Waals surface area (Å²) in [5, 5.41) is 4.40. The van der Waals surface area contributed by atoms with Crippen molar-refractivity contribution in [3.05, 3.63) is 36.3 Å². The molecule has 0 saturated carbocycles. The second kappa shape index (κ2) is 5.51. The highest BCUT2D eigenvalue weighted by atomic mass is 15.3. The third-order valence-electron chi connectivity index (χ3n) is 5.32. The van der Waals surface area contributed by atoms with Crippen LogP contribution in [0.1, 0.15) is 38.2 Å². The molecule has 2 unspecified atom stereocenters. The standard InChI is InChI=1S/C18H24N4/c1-2-8-22-13-15(11-20-22)17-5-4-16(12-19-17)18-6-3-9-21(14-18)10-7-18/h4-5,11-13H,2-3,6-10,14H2,1H3. The van der Waals surface area contributed by atoms with Crippen LogP contribution in [0.3, 0.4) is 0 Å². The van der Waals surface area contributed by atoms with Gasteiger partial charge in [-0.05, 0) is 50.4 Å². The largest absolute Gasteiger partial charge is 0.302 e. The smallest absolute Gasteiger partial charge is 0.0733 e. The van der Waals surface area contributed by atoms with Crippen LogP contribution in [0.4, 0.5) is 0 Å². The van der Waals surface area contributed by atoms with Crippen molar-refractivity contribution in [2.45, 2.75) is 44.6 Å². The van der Waals surface area contributed by atoms with Gasteiger partial charge in [0.1, 0.15) is 0 Å². The molecule has 2 aromatic rings. The van der Waals surface area contributed by atoms with Gasteiger partial charge in [-0.2, -0.15) is 5.10 Å². The molecule has 0 aliphatic carbocycles. The van der Waals surface area contributed by atoms with Gasteiger partial charge in [0.15, 0.2) is 0 Å². The Labute approximate surface area is 132 Å². The first-order chi connectivity index (χ1) is 10.8. The van der Waals surface area contributed by atoms with Crippen LogP contribution in [0, 0.1) is 0 Å². The van der Waals surface area contributed by atoms with E-state index in [1.165, 1.54) is 44.5 Å². The molecule has 2 aliphatic heterocycles. The molecule has 0 aromatic carbocycles. The van der Waals surface area contributed by atoms with Crippen molar-refractivity contribution in [3.63, 3.8) is 0 Å². The fourth-order valence-corrected chi connectivity index (χ4v) is 4.10. The normalized spacial score (nSPS) is 27.2. The summed E-state index contributed by atoms with van der Waals surface area (Å²) < 4.78 is 2.00. The molecule has 2 aliphatic rings. The second-order valence-electron chi connectivity index (χ2n) is 6.83. The SMILES string of the molecule is CCCn1cc(-c2ccc(C34CCCN(CC3)C4)cn2)cn1. The molecule has 0 radical (unpaired) electrons. The Morgan fingerprint density at radius 2 is 2.14 bits per heavy atom. The van der Waals surface area contributed by atoms with E-state index in [1.54, 1.807) is 0 Å². The van der Waals surface area contributed by atoms with Crippen LogP contribution >= 0.6 is 0 Å². The number of hydrogen-bond donors (Lipinski definition) is 0. The third kappa shape index (κ3) is 2.35. The summed E-state index contributed by atoms with van der Waals surface area (Å²) in [6, 6.07) is 4.48. The number of hydrogen-bond acceptors (Lipinski definition) is 3. The molecule has 0 amide bonds. The zero-order valence-corrected chi connectivity index (χ0v) is 13.3. The van der Waals surface area contributed by atoms with Gasteiger partial charge in [-0.1, -0.05) is 13.0 Å². The Morgan fingerprint density at radius 1 is 1.18 bits per heavy atom. The average molecular weight is 296 g/mol. The van der Waals surface area contributed by atoms with Crippen LogP contribution in [-0.4, -0.2) is 39.3 Å². The lowest BCUT2D eigenvalue weighted by Gasteiger charge is -2.34. The van der Waals surface area contributed by atoms with E-state index in [0.29, 0.717) is 5.41 Å². The lowest BCUT2D eigenvalue weighted by Crippen LogP contribution is -2.36. The van der Waals surface area contributed by atoms with E-state index < -0.39 is 0 Å². The van der Waals surface area contributed by atoms with Gasteiger partial charge in [0.05, 0.1) is 11.9 Å². The highest BCUT2D eigenvalue weighted by Crippen LogP contribution is 2.41. The highest BCUT2D eigenvalue weighted by molar-refractivity contribution is 5.57. The van der Waals surface area contributed by atoms with Gasteiger partial charge in [-0.3, -0.25) is 9.67 Å². The van der Waals surface area contributed by atoms with Crippen molar-refractivity contribution in [3.8, 4) is 11.3 Å². The molecule has 2 fully saturated rings. The lowest BCUT2D eigenvalue weighted by atomic mass is 9.75. The van der Waals surface area contributed by atoms with Gasteiger partial charge in [-0.15, -0.1) is 0 Å². The number of piperidine rings is 1. The fourth-order valence-electron chi connectivity index (χ4n) is 4.10. The van der Waals surface area contributed by atoms with Crippen molar-refractivity contribution >= 4 is 0 Å². The molecule has 4 heteroatoms. The topological polar surface area (TPSA) is 34.0 Å². The maximum absolute atomic E-state index is 4.74. The van der Waals surface area contributed by atoms with E-state index in [4.69, 9.17) is 4.98 Å². The molecule has 4 heterocycles. The third-order valence-corrected chi connectivity index (χ3v) is 5.32. The molecule has 22 heavy (non-hydrogen) atoms. The number of aryl methyl sites for hydroxylation is 1. The number of pyridine rings is 1.